The largest absolute Gasteiger partial charge is 0.493 e. The minimum absolute atomic E-state index is 0.00622. The van der Waals surface area contributed by atoms with E-state index in [4.69, 9.17) is 14.5 Å². The van der Waals surface area contributed by atoms with Gasteiger partial charge >= 0.3 is 0 Å². The van der Waals surface area contributed by atoms with E-state index in [9.17, 15) is 4.79 Å². The Morgan fingerprint density at radius 3 is 2.78 bits per heavy atom. The van der Waals surface area contributed by atoms with Gasteiger partial charge in [0.25, 0.3) is 5.91 Å². The maximum atomic E-state index is 12.7. The van der Waals surface area contributed by atoms with Gasteiger partial charge in [0.05, 0.1) is 22.3 Å². The number of hydrogen-bond acceptors (Lipinski definition) is 5. The summed E-state index contributed by atoms with van der Waals surface area (Å²) >= 11 is 1.74. The average molecular weight is 382 g/mol. The van der Waals surface area contributed by atoms with Crippen molar-refractivity contribution < 1.29 is 14.3 Å². The van der Waals surface area contributed by atoms with E-state index in [0.29, 0.717) is 24.0 Å². The third-order valence-corrected chi connectivity index (χ3v) is 6.05. The lowest BCUT2D eigenvalue weighted by Crippen LogP contribution is -2.41. The van der Waals surface area contributed by atoms with Crippen LogP contribution >= 0.6 is 11.3 Å². The number of methoxy groups -OCH3 is 1. The number of thiazole rings is 1. The number of likely N-dealkylation sites (tertiary alicyclic amines) is 1. The molecule has 1 aliphatic rings. The van der Waals surface area contributed by atoms with Gasteiger partial charge in [-0.25, -0.2) is 4.98 Å². The summed E-state index contributed by atoms with van der Waals surface area (Å²) in [6, 6.07) is 15.6. The molecule has 0 bridgehead atoms. The summed E-state index contributed by atoms with van der Waals surface area (Å²) < 4.78 is 12.2. The van der Waals surface area contributed by atoms with Crippen LogP contribution in [-0.4, -0.2) is 42.6 Å². The standard InChI is InChI=1S/C21H22N2O3S/c1-25-17-9-3-4-10-18(17)26-14-20(24)23-12-6-7-15(13-23)21-22-16-8-2-5-11-19(16)27-21/h2-5,8-11,15H,6-7,12-14H2,1H3/t15-/m1/s1. The molecule has 0 radical (unpaired) electrons. The molecule has 1 aliphatic heterocycles. The van der Waals surface area contributed by atoms with Gasteiger partial charge in [-0.2, -0.15) is 0 Å². The molecule has 2 heterocycles. The van der Waals surface area contributed by atoms with Crippen molar-refractivity contribution in [2.24, 2.45) is 0 Å². The smallest absolute Gasteiger partial charge is 0.260 e. The highest BCUT2D eigenvalue weighted by Gasteiger charge is 2.27. The fraction of sp³-hybridized carbons (Fsp3) is 0.333. The van der Waals surface area contributed by atoms with Gasteiger partial charge in [-0.15, -0.1) is 11.3 Å². The van der Waals surface area contributed by atoms with E-state index in [2.05, 4.69) is 6.07 Å². The highest BCUT2D eigenvalue weighted by Crippen LogP contribution is 2.33. The molecule has 0 saturated carbocycles. The number of carbonyl (C=O) groups is 1. The van der Waals surface area contributed by atoms with Crippen molar-refractivity contribution in [1.82, 2.24) is 9.88 Å². The molecule has 0 N–H and O–H groups in total. The zero-order chi connectivity index (χ0) is 18.6. The Hall–Kier alpha value is -2.60. The number of piperidine rings is 1. The summed E-state index contributed by atoms with van der Waals surface area (Å²) in [6.45, 7) is 1.50. The lowest BCUT2D eigenvalue weighted by atomic mass is 9.99. The molecule has 140 valence electrons. The zero-order valence-corrected chi connectivity index (χ0v) is 16.1. The van der Waals surface area contributed by atoms with E-state index < -0.39 is 0 Å². The molecule has 1 atom stereocenters. The SMILES string of the molecule is COc1ccccc1OCC(=O)N1CCC[C@@H](c2nc3ccccc3s2)C1. The summed E-state index contributed by atoms with van der Waals surface area (Å²) in [5.41, 5.74) is 1.04. The Morgan fingerprint density at radius 2 is 1.96 bits per heavy atom. The molecule has 4 rings (SSSR count). The lowest BCUT2D eigenvalue weighted by molar-refractivity contribution is -0.134. The minimum atomic E-state index is 0.00622. The number of para-hydroxylation sites is 3. The highest BCUT2D eigenvalue weighted by atomic mass is 32.1. The fourth-order valence-electron chi connectivity index (χ4n) is 3.44. The number of ether oxygens (including phenoxy) is 2. The average Bonchev–Trinajstić information content (AvgIpc) is 3.16. The van der Waals surface area contributed by atoms with Gasteiger partial charge in [-0.05, 0) is 37.1 Å². The van der Waals surface area contributed by atoms with E-state index in [1.165, 1.54) is 4.70 Å². The number of nitrogens with zero attached hydrogens (tertiary/aromatic N) is 2. The molecule has 1 amide bonds. The van der Waals surface area contributed by atoms with E-state index in [1.54, 1.807) is 18.4 Å². The van der Waals surface area contributed by atoms with Gasteiger partial charge in [-0.1, -0.05) is 24.3 Å². The first-order valence-corrected chi connectivity index (χ1v) is 9.95. The summed E-state index contributed by atoms with van der Waals surface area (Å²) in [6.07, 6.45) is 2.05. The predicted octanol–water partition coefficient (Wildman–Crippen LogP) is 4.09. The van der Waals surface area contributed by atoms with E-state index >= 15 is 0 Å². The van der Waals surface area contributed by atoms with Crippen molar-refractivity contribution >= 4 is 27.5 Å². The molecular weight excluding hydrogens is 360 g/mol. The van der Waals surface area contributed by atoms with Crippen LogP contribution in [0.3, 0.4) is 0 Å². The Morgan fingerprint density at radius 1 is 1.19 bits per heavy atom. The van der Waals surface area contributed by atoms with Crippen molar-refractivity contribution in [3.05, 3.63) is 53.5 Å². The summed E-state index contributed by atoms with van der Waals surface area (Å²) in [5, 5.41) is 1.12. The second kappa shape index (κ2) is 7.96. The van der Waals surface area contributed by atoms with Crippen LogP contribution in [-0.2, 0) is 4.79 Å². The third-order valence-electron chi connectivity index (χ3n) is 4.85. The first-order chi connectivity index (χ1) is 13.2. The zero-order valence-electron chi connectivity index (χ0n) is 15.3. The Kier molecular flexibility index (Phi) is 5.25. The van der Waals surface area contributed by atoms with E-state index in [-0.39, 0.29) is 12.5 Å². The van der Waals surface area contributed by atoms with E-state index in [0.717, 1.165) is 29.9 Å². The van der Waals surface area contributed by atoms with Crippen LogP contribution in [0.5, 0.6) is 11.5 Å². The van der Waals surface area contributed by atoms with Crippen LogP contribution in [0, 0.1) is 0 Å². The third kappa shape index (κ3) is 3.90. The van der Waals surface area contributed by atoms with Crippen LogP contribution < -0.4 is 9.47 Å². The molecule has 27 heavy (non-hydrogen) atoms. The molecule has 1 fully saturated rings. The molecule has 5 nitrogen and oxygen atoms in total. The highest BCUT2D eigenvalue weighted by molar-refractivity contribution is 7.18. The second-order valence-electron chi connectivity index (χ2n) is 6.64. The maximum Gasteiger partial charge on any atom is 0.260 e. The maximum absolute atomic E-state index is 12.7. The van der Waals surface area contributed by atoms with Crippen LogP contribution in [0.1, 0.15) is 23.8 Å². The molecule has 0 spiro atoms. The topological polar surface area (TPSA) is 51.7 Å². The molecular formula is C21H22N2O3S. The molecule has 0 unspecified atom stereocenters. The van der Waals surface area contributed by atoms with Crippen LogP contribution in [0.4, 0.5) is 0 Å². The number of hydrogen-bond donors (Lipinski definition) is 0. The normalized spacial score (nSPS) is 17.1. The van der Waals surface area contributed by atoms with Gasteiger partial charge in [0.15, 0.2) is 18.1 Å². The van der Waals surface area contributed by atoms with Gasteiger partial charge in [-0.3, -0.25) is 4.79 Å². The quantitative estimate of drug-likeness (QED) is 0.667. The number of benzene rings is 2. The Bertz CT molecular complexity index is 907. The molecule has 2 aromatic carbocycles. The first kappa shape index (κ1) is 17.8. The van der Waals surface area contributed by atoms with Gasteiger partial charge in [0, 0.05) is 19.0 Å². The summed E-state index contributed by atoms with van der Waals surface area (Å²) in [7, 11) is 1.59. The molecule has 1 saturated heterocycles. The lowest BCUT2D eigenvalue weighted by Gasteiger charge is -2.31. The Balaban J connectivity index is 1.40. The molecule has 0 aliphatic carbocycles. The molecule has 1 aromatic heterocycles. The summed E-state index contributed by atoms with van der Waals surface area (Å²) in [5.74, 6) is 1.53. The minimum Gasteiger partial charge on any atom is -0.493 e. The number of carbonyl (C=O) groups excluding carboxylic acids is 1. The monoisotopic (exact) mass is 382 g/mol. The molecule has 3 aromatic rings. The van der Waals surface area contributed by atoms with Gasteiger partial charge in [0.2, 0.25) is 0 Å². The molecule has 6 heteroatoms. The Labute approximate surface area is 162 Å². The number of rotatable bonds is 5. The fourth-order valence-corrected chi connectivity index (χ4v) is 4.53. The van der Waals surface area contributed by atoms with Crippen molar-refractivity contribution in [3.63, 3.8) is 0 Å². The first-order valence-electron chi connectivity index (χ1n) is 9.13. The van der Waals surface area contributed by atoms with Gasteiger partial charge < -0.3 is 14.4 Å². The van der Waals surface area contributed by atoms with Crippen molar-refractivity contribution in [3.8, 4) is 11.5 Å². The number of aromatic nitrogens is 1. The van der Waals surface area contributed by atoms with Gasteiger partial charge in [0.1, 0.15) is 0 Å². The van der Waals surface area contributed by atoms with Crippen molar-refractivity contribution in [2.75, 3.05) is 26.8 Å². The van der Waals surface area contributed by atoms with Crippen LogP contribution in [0.15, 0.2) is 48.5 Å². The second-order valence-corrected chi connectivity index (χ2v) is 7.70. The van der Waals surface area contributed by atoms with E-state index in [1.807, 2.05) is 47.4 Å². The van der Waals surface area contributed by atoms with Crippen LogP contribution in [0.2, 0.25) is 0 Å². The predicted molar refractivity (Wildman–Crippen MR) is 107 cm³/mol. The summed E-state index contributed by atoms with van der Waals surface area (Å²) in [4.78, 5) is 19.3. The van der Waals surface area contributed by atoms with Crippen molar-refractivity contribution in [1.29, 1.82) is 0 Å². The van der Waals surface area contributed by atoms with Crippen molar-refractivity contribution in [2.45, 2.75) is 18.8 Å². The number of amides is 1. The van der Waals surface area contributed by atoms with Crippen LogP contribution in [0.25, 0.3) is 10.2 Å². The number of fused-ring (bicyclic) bond motifs is 1.